The molecular formula is C26H26N2O6. The van der Waals surface area contributed by atoms with Crippen molar-refractivity contribution in [1.82, 2.24) is 10.2 Å². The normalized spacial score (nSPS) is 28.7. The predicted octanol–water partition coefficient (Wildman–Crippen LogP) is 2.47. The van der Waals surface area contributed by atoms with E-state index in [1.165, 1.54) is 0 Å². The summed E-state index contributed by atoms with van der Waals surface area (Å²) in [5.74, 6) is -1.41. The molecule has 8 heteroatoms. The van der Waals surface area contributed by atoms with Gasteiger partial charge in [-0.2, -0.15) is 0 Å². The number of nitrogens with one attached hydrogen (secondary N) is 1. The Kier molecular flexibility index (Phi) is 4.88. The van der Waals surface area contributed by atoms with Crippen molar-refractivity contribution in [2.75, 3.05) is 32.9 Å². The van der Waals surface area contributed by atoms with Gasteiger partial charge in [-0.1, -0.05) is 48.5 Å². The molecule has 34 heavy (non-hydrogen) atoms. The first kappa shape index (κ1) is 21.2. The first-order valence-corrected chi connectivity index (χ1v) is 11.7. The average Bonchev–Trinajstić information content (AvgIpc) is 3.21. The number of fused-ring (bicyclic) bond motifs is 4. The molecule has 0 aromatic heterocycles. The van der Waals surface area contributed by atoms with Crippen molar-refractivity contribution in [1.29, 1.82) is 0 Å². The standard InChI is InChI=1S/C26H26N2O6/c29-23(30)22-19-11-28(12-20(19)22)24(31)26(9-10-33-14-26)27-25(32)34-13-21-17-7-3-1-5-15(17)16-6-2-4-8-18(16)21/h1-8,19-22H,9-14H2,(H,27,32)(H,29,30). The number of carbonyl (C=O) groups excluding carboxylic acids is 2. The molecule has 1 saturated carbocycles. The van der Waals surface area contributed by atoms with Gasteiger partial charge in [0, 0.05) is 32.0 Å². The van der Waals surface area contributed by atoms with E-state index < -0.39 is 17.6 Å². The van der Waals surface area contributed by atoms with E-state index in [1.54, 1.807) is 4.90 Å². The van der Waals surface area contributed by atoms with Crippen LogP contribution in [-0.4, -0.2) is 66.4 Å². The number of piperidine rings is 1. The lowest BCUT2D eigenvalue weighted by Crippen LogP contribution is -2.60. The van der Waals surface area contributed by atoms with Crippen LogP contribution in [0.25, 0.3) is 11.1 Å². The lowest BCUT2D eigenvalue weighted by Gasteiger charge is -2.32. The van der Waals surface area contributed by atoms with Crippen LogP contribution in [0.3, 0.4) is 0 Å². The van der Waals surface area contributed by atoms with Crippen LogP contribution in [0.5, 0.6) is 0 Å². The number of carboxylic acid groups (broad SMARTS) is 1. The highest BCUT2D eigenvalue weighted by atomic mass is 16.6. The van der Waals surface area contributed by atoms with Crippen LogP contribution in [0, 0.1) is 17.8 Å². The molecule has 8 nitrogen and oxygen atoms in total. The van der Waals surface area contributed by atoms with E-state index in [4.69, 9.17) is 9.47 Å². The number of hydrogen-bond acceptors (Lipinski definition) is 5. The zero-order chi connectivity index (χ0) is 23.4. The maximum absolute atomic E-state index is 13.4. The van der Waals surface area contributed by atoms with Crippen LogP contribution in [0.1, 0.15) is 23.5 Å². The SMILES string of the molecule is O=C(NC1(C(=O)N2CC3C(C2)C3C(=O)O)CCOC1)OCC1c2ccccc2-c2ccccc21. The van der Waals surface area contributed by atoms with Gasteiger partial charge in [0.2, 0.25) is 0 Å². The second kappa shape index (κ2) is 7.84. The molecule has 2 N–H and O–H groups in total. The number of alkyl carbamates (subject to hydrolysis) is 1. The summed E-state index contributed by atoms with van der Waals surface area (Å²) in [6.07, 6.45) is -0.280. The fraction of sp³-hybridized carbons (Fsp3) is 0.423. The van der Waals surface area contributed by atoms with Crippen LogP contribution in [0.2, 0.25) is 0 Å². The summed E-state index contributed by atoms with van der Waals surface area (Å²) in [4.78, 5) is 39.2. The smallest absolute Gasteiger partial charge is 0.408 e. The third-order valence-corrected chi connectivity index (χ3v) is 7.88. The van der Waals surface area contributed by atoms with Crippen molar-refractivity contribution in [2.24, 2.45) is 17.8 Å². The summed E-state index contributed by atoms with van der Waals surface area (Å²) in [6.45, 7) is 1.44. The molecule has 0 spiro atoms. The van der Waals surface area contributed by atoms with Crippen LogP contribution < -0.4 is 5.32 Å². The molecule has 3 atom stereocenters. The molecule has 3 fully saturated rings. The largest absolute Gasteiger partial charge is 0.481 e. The van der Waals surface area contributed by atoms with Crippen molar-refractivity contribution in [3.05, 3.63) is 59.7 Å². The first-order chi connectivity index (χ1) is 16.5. The van der Waals surface area contributed by atoms with E-state index in [0.29, 0.717) is 26.1 Å². The number of ether oxygens (including phenoxy) is 2. The van der Waals surface area contributed by atoms with Crippen LogP contribution >= 0.6 is 0 Å². The summed E-state index contributed by atoms with van der Waals surface area (Å²) in [7, 11) is 0. The molecule has 0 radical (unpaired) electrons. The molecule has 6 rings (SSSR count). The quantitative estimate of drug-likeness (QED) is 0.707. The molecule has 4 aliphatic rings. The van der Waals surface area contributed by atoms with Crippen LogP contribution in [0.15, 0.2) is 48.5 Å². The monoisotopic (exact) mass is 462 g/mol. The van der Waals surface area contributed by atoms with E-state index in [1.807, 2.05) is 24.3 Å². The number of benzene rings is 2. The highest BCUT2D eigenvalue weighted by molar-refractivity contribution is 5.91. The Morgan fingerprint density at radius 2 is 1.65 bits per heavy atom. The molecule has 176 valence electrons. The summed E-state index contributed by atoms with van der Waals surface area (Å²) in [6, 6.07) is 16.2. The van der Waals surface area contributed by atoms with Gasteiger partial charge in [-0.15, -0.1) is 0 Å². The second-order valence-corrected chi connectivity index (χ2v) is 9.74. The zero-order valence-corrected chi connectivity index (χ0v) is 18.6. The Morgan fingerprint density at radius 3 is 2.21 bits per heavy atom. The molecule has 2 amide bonds. The molecule has 0 bridgehead atoms. The topological polar surface area (TPSA) is 105 Å². The van der Waals surface area contributed by atoms with Gasteiger partial charge in [-0.3, -0.25) is 9.59 Å². The molecule has 2 aromatic carbocycles. The number of rotatable bonds is 5. The minimum Gasteiger partial charge on any atom is -0.481 e. The van der Waals surface area contributed by atoms with Gasteiger partial charge in [0.1, 0.15) is 12.1 Å². The van der Waals surface area contributed by atoms with Gasteiger partial charge in [0.05, 0.1) is 12.5 Å². The van der Waals surface area contributed by atoms with Crippen molar-refractivity contribution < 1.29 is 29.0 Å². The third kappa shape index (κ3) is 3.27. The molecule has 2 heterocycles. The number of amides is 2. The maximum atomic E-state index is 13.4. The van der Waals surface area contributed by atoms with Gasteiger partial charge in [0.25, 0.3) is 5.91 Å². The second-order valence-electron chi connectivity index (χ2n) is 9.74. The molecule has 2 saturated heterocycles. The van der Waals surface area contributed by atoms with Gasteiger partial charge < -0.3 is 24.8 Å². The molecule has 2 aromatic rings. The average molecular weight is 463 g/mol. The summed E-state index contributed by atoms with van der Waals surface area (Å²) >= 11 is 0. The first-order valence-electron chi connectivity index (χ1n) is 11.7. The lowest BCUT2D eigenvalue weighted by atomic mass is 9.96. The Morgan fingerprint density at radius 1 is 1.03 bits per heavy atom. The Bertz CT molecular complexity index is 1120. The van der Waals surface area contributed by atoms with E-state index in [2.05, 4.69) is 29.6 Å². The van der Waals surface area contributed by atoms with E-state index in [-0.39, 0.29) is 42.8 Å². The number of hydrogen-bond donors (Lipinski definition) is 2. The van der Waals surface area contributed by atoms with Gasteiger partial charge in [0.15, 0.2) is 0 Å². The van der Waals surface area contributed by atoms with Gasteiger partial charge >= 0.3 is 12.1 Å². The highest BCUT2D eigenvalue weighted by Crippen LogP contribution is 2.52. The molecular weight excluding hydrogens is 436 g/mol. The molecule has 2 aliphatic carbocycles. The Balaban J connectivity index is 1.13. The van der Waals surface area contributed by atoms with Gasteiger partial charge in [-0.05, 0) is 34.1 Å². The van der Waals surface area contributed by atoms with E-state index in [9.17, 15) is 19.5 Å². The minimum atomic E-state index is -1.17. The predicted molar refractivity (Wildman–Crippen MR) is 121 cm³/mol. The number of carboxylic acids is 1. The van der Waals surface area contributed by atoms with Crippen molar-refractivity contribution in [3.8, 4) is 11.1 Å². The highest BCUT2D eigenvalue weighted by Gasteiger charge is 2.62. The van der Waals surface area contributed by atoms with E-state index in [0.717, 1.165) is 22.3 Å². The summed E-state index contributed by atoms with van der Waals surface area (Å²) < 4.78 is 11.2. The number of aliphatic carboxylic acids is 1. The van der Waals surface area contributed by atoms with Crippen LogP contribution in [-0.2, 0) is 19.1 Å². The van der Waals surface area contributed by atoms with Crippen LogP contribution in [0.4, 0.5) is 4.79 Å². The lowest BCUT2D eigenvalue weighted by molar-refractivity contribution is -0.142. The van der Waals surface area contributed by atoms with Gasteiger partial charge in [-0.25, -0.2) is 4.79 Å². The molecule has 3 unspecified atom stereocenters. The fourth-order valence-corrected chi connectivity index (χ4v) is 6.08. The van der Waals surface area contributed by atoms with Crippen molar-refractivity contribution in [3.63, 3.8) is 0 Å². The maximum Gasteiger partial charge on any atom is 0.408 e. The number of carbonyl (C=O) groups is 3. The number of nitrogens with zero attached hydrogens (tertiary/aromatic N) is 1. The third-order valence-electron chi connectivity index (χ3n) is 7.88. The van der Waals surface area contributed by atoms with E-state index >= 15 is 0 Å². The summed E-state index contributed by atoms with van der Waals surface area (Å²) in [5.41, 5.74) is 3.37. The number of likely N-dealkylation sites (tertiary alicyclic amines) is 1. The summed E-state index contributed by atoms with van der Waals surface area (Å²) in [5, 5.41) is 12.1. The zero-order valence-electron chi connectivity index (χ0n) is 18.6. The van der Waals surface area contributed by atoms with Crippen molar-refractivity contribution in [2.45, 2.75) is 17.9 Å². The Hall–Kier alpha value is -3.39. The Labute approximate surface area is 196 Å². The minimum absolute atomic E-state index is 0.00951. The fourth-order valence-electron chi connectivity index (χ4n) is 6.08. The van der Waals surface area contributed by atoms with Crippen molar-refractivity contribution >= 4 is 18.0 Å². The molecule has 2 aliphatic heterocycles.